The molecule has 0 bridgehead atoms. The van der Waals surface area contributed by atoms with Crippen LogP contribution < -0.4 is 0 Å². The smallest absolute Gasteiger partial charge is 0.126 e. The lowest BCUT2D eigenvalue weighted by molar-refractivity contribution is -0.112. The average Bonchev–Trinajstić information content (AvgIpc) is 2.59. The minimum absolute atomic E-state index is 0.0465. The van der Waals surface area contributed by atoms with Gasteiger partial charge in [-0.05, 0) is 30.7 Å². The quantitative estimate of drug-likeness (QED) is 0.629. The minimum Gasteiger partial charge on any atom is -0.303 e. The van der Waals surface area contributed by atoms with E-state index in [1.807, 2.05) is 6.07 Å². The molecule has 2 heteroatoms. The maximum Gasteiger partial charge on any atom is 0.126 e. The van der Waals surface area contributed by atoms with Crippen molar-refractivity contribution in [3.63, 3.8) is 0 Å². The van der Waals surface area contributed by atoms with Crippen LogP contribution in [0.3, 0.4) is 0 Å². The molecule has 1 nitrogen and oxygen atoms in total. The molecule has 1 heterocycles. The summed E-state index contributed by atoms with van der Waals surface area (Å²) < 4.78 is 0. The van der Waals surface area contributed by atoms with Crippen LogP contribution in [0.25, 0.3) is 0 Å². The minimum atomic E-state index is 0.0465. The highest BCUT2D eigenvalue weighted by Crippen LogP contribution is 2.46. The lowest BCUT2D eigenvalue weighted by atomic mass is 10.0. The van der Waals surface area contributed by atoms with Crippen molar-refractivity contribution >= 4 is 17.6 Å². The predicted octanol–water partition coefficient (Wildman–Crippen LogP) is 2.27. The van der Waals surface area contributed by atoms with Crippen LogP contribution in [-0.2, 0) is 11.2 Å². The van der Waals surface area contributed by atoms with E-state index in [4.69, 9.17) is 0 Å². The monoisotopic (exact) mass is 166 g/mol. The van der Waals surface area contributed by atoms with Gasteiger partial charge in [0.25, 0.3) is 0 Å². The van der Waals surface area contributed by atoms with Gasteiger partial charge in [-0.3, -0.25) is 0 Å². The lowest BCUT2D eigenvalue weighted by Crippen LogP contribution is -2.04. The summed E-state index contributed by atoms with van der Waals surface area (Å²) in [5, 5.41) is 2.07. The molecule has 0 unspecified atom stereocenters. The van der Waals surface area contributed by atoms with Crippen LogP contribution in [0, 0.1) is 5.41 Å². The van der Waals surface area contributed by atoms with Gasteiger partial charge in [-0.2, -0.15) is 0 Å². The average molecular weight is 166 g/mol. The zero-order chi connectivity index (χ0) is 7.73. The van der Waals surface area contributed by atoms with Crippen LogP contribution in [0.4, 0.5) is 0 Å². The van der Waals surface area contributed by atoms with E-state index in [9.17, 15) is 4.79 Å². The van der Waals surface area contributed by atoms with E-state index in [0.29, 0.717) is 0 Å². The molecular formula is C9H10OS. The van der Waals surface area contributed by atoms with Crippen LogP contribution in [-0.4, -0.2) is 6.29 Å². The first-order valence-corrected chi connectivity index (χ1v) is 4.71. The number of rotatable bonds is 3. The second kappa shape index (κ2) is 2.45. The Morgan fingerprint density at radius 3 is 2.91 bits per heavy atom. The van der Waals surface area contributed by atoms with Crippen molar-refractivity contribution in [1.29, 1.82) is 0 Å². The van der Waals surface area contributed by atoms with Gasteiger partial charge in [0, 0.05) is 10.3 Å². The third-order valence-corrected chi connectivity index (χ3v) is 3.13. The summed E-state index contributed by atoms with van der Waals surface area (Å²) in [5.41, 5.74) is 0.0465. The van der Waals surface area contributed by atoms with E-state index in [1.165, 1.54) is 4.88 Å². The summed E-state index contributed by atoms with van der Waals surface area (Å²) in [4.78, 5) is 12.0. The molecule has 2 rings (SSSR count). The van der Waals surface area contributed by atoms with Crippen molar-refractivity contribution in [3.8, 4) is 0 Å². The van der Waals surface area contributed by atoms with Crippen LogP contribution >= 0.6 is 11.3 Å². The molecule has 0 spiro atoms. The highest BCUT2D eigenvalue weighted by molar-refractivity contribution is 7.09. The molecule has 0 amide bonds. The first-order chi connectivity index (χ1) is 5.35. The number of aldehydes is 1. The van der Waals surface area contributed by atoms with Gasteiger partial charge in [0.1, 0.15) is 6.29 Å². The molecular weight excluding hydrogens is 156 g/mol. The fourth-order valence-corrected chi connectivity index (χ4v) is 2.12. The predicted molar refractivity (Wildman–Crippen MR) is 45.8 cm³/mol. The molecule has 1 fully saturated rings. The largest absolute Gasteiger partial charge is 0.303 e. The normalized spacial score (nSPS) is 19.6. The van der Waals surface area contributed by atoms with Gasteiger partial charge in [-0.25, -0.2) is 0 Å². The third-order valence-electron chi connectivity index (χ3n) is 2.25. The maximum atomic E-state index is 10.6. The summed E-state index contributed by atoms with van der Waals surface area (Å²) >= 11 is 1.75. The van der Waals surface area contributed by atoms with Crippen molar-refractivity contribution < 1.29 is 4.79 Å². The molecule has 11 heavy (non-hydrogen) atoms. The zero-order valence-electron chi connectivity index (χ0n) is 6.25. The van der Waals surface area contributed by atoms with E-state index >= 15 is 0 Å². The van der Waals surface area contributed by atoms with Gasteiger partial charge < -0.3 is 4.79 Å². The summed E-state index contributed by atoms with van der Waals surface area (Å²) in [6.07, 6.45) is 4.28. The first-order valence-electron chi connectivity index (χ1n) is 3.83. The molecule has 0 N–H and O–H groups in total. The summed E-state index contributed by atoms with van der Waals surface area (Å²) in [5.74, 6) is 0. The Morgan fingerprint density at radius 2 is 2.45 bits per heavy atom. The van der Waals surface area contributed by atoms with Gasteiger partial charge in [0.15, 0.2) is 0 Å². The second-order valence-electron chi connectivity index (χ2n) is 3.24. The van der Waals surface area contributed by atoms with E-state index in [0.717, 1.165) is 25.5 Å². The molecule has 1 saturated carbocycles. The summed E-state index contributed by atoms with van der Waals surface area (Å²) in [6.45, 7) is 0. The molecule has 0 saturated heterocycles. The van der Waals surface area contributed by atoms with E-state index < -0.39 is 0 Å². The molecule has 0 radical (unpaired) electrons. The highest BCUT2D eigenvalue weighted by Gasteiger charge is 2.42. The van der Waals surface area contributed by atoms with E-state index in [2.05, 4.69) is 11.4 Å². The van der Waals surface area contributed by atoms with Gasteiger partial charge in [0.2, 0.25) is 0 Å². The molecule has 58 valence electrons. The van der Waals surface area contributed by atoms with Crippen molar-refractivity contribution in [3.05, 3.63) is 22.4 Å². The Morgan fingerprint density at radius 1 is 1.64 bits per heavy atom. The fraction of sp³-hybridized carbons (Fsp3) is 0.444. The van der Waals surface area contributed by atoms with E-state index in [1.54, 1.807) is 11.3 Å². The molecule has 0 aromatic carbocycles. The number of carbonyl (C=O) groups excluding carboxylic acids is 1. The topological polar surface area (TPSA) is 17.1 Å². The molecule has 0 atom stereocenters. The highest BCUT2D eigenvalue weighted by atomic mass is 32.1. The fourth-order valence-electron chi connectivity index (χ4n) is 1.26. The van der Waals surface area contributed by atoms with Crippen LogP contribution in [0.1, 0.15) is 17.7 Å². The summed E-state index contributed by atoms with van der Waals surface area (Å²) in [7, 11) is 0. The molecule has 1 aromatic heterocycles. The van der Waals surface area contributed by atoms with E-state index in [-0.39, 0.29) is 5.41 Å². The summed E-state index contributed by atoms with van der Waals surface area (Å²) in [6, 6.07) is 4.15. The standard InChI is InChI=1S/C9H10OS/c10-7-9(3-4-9)6-8-2-1-5-11-8/h1-2,5,7H,3-4,6H2. The number of carbonyl (C=O) groups is 1. The van der Waals surface area contributed by atoms with Crippen LogP contribution in [0.2, 0.25) is 0 Å². The van der Waals surface area contributed by atoms with Crippen molar-refractivity contribution in [1.82, 2.24) is 0 Å². The van der Waals surface area contributed by atoms with Gasteiger partial charge >= 0.3 is 0 Å². The Balaban J connectivity index is 2.06. The Kier molecular flexibility index (Phi) is 1.57. The molecule has 1 aliphatic carbocycles. The first kappa shape index (κ1) is 7.04. The number of hydrogen-bond donors (Lipinski definition) is 0. The zero-order valence-corrected chi connectivity index (χ0v) is 7.06. The Hall–Kier alpha value is -0.630. The molecule has 0 aliphatic heterocycles. The lowest BCUT2D eigenvalue weighted by Gasteiger charge is -2.02. The number of hydrogen-bond acceptors (Lipinski definition) is 2. The van der Waals surface area contributed by atoms with Crippen molar-refractivity contribution in [2.45, 2.75) is 19.3 Å². The Bertz CT molecular complexity index is 247. The maximum absolute atomic E-state index is 10.6. The van der Waals surface area contributed by atoms with Crippen molar-refractivity contribution in [2.75, 3.05) is 0 Å². The van der Waals surface area contributed by atoms with Gasteiger partial charge in [-0.15, -0.1) is 11.3 Å². The second-order valence-corrected chi connectivity index (χ2v) is 4.27. The number of thiophene rings is 1. The Labute approximate surface area is 70.1 Å². The van der Waals surface area contributed by atoms with Gasteiger partial charge in [0.05, 0.1) is 0 Å². The van der Waals surface area contributed by atoms with Gasteiger partial charge in [-0.1, -0.05) is 6.07 Å². The molecule has 1 aliphatic rings. The SMILES string of the molecule is O=CC1(Cc2cccs2)CC1. The van der Waals surface area contributed by atoms with Crippen LogP contribution in [0.15, 0.2) is 17.5 Å². The van der Waals surface area contributed by atoms with Crippen LogP contribution in [0.5, 0.6) is 0 Å². The van der Waals surface area contributed by atoms with Crippen molar-refractivity contribution in [2.24, 2.45) is 5.41 Å². The third kappa shape index (κ3) is 1.36. The molecule has 1 aromatic rings.